The van der Waals surface area contributed by atoms with E-state index < -0.39 is 17.9 Å². The summed E-state index contributed by atoms with van der Waals surface area (Å²) in [7, 11) is 1.22. The quantitative estimate of drug-likeness (QED) is 0.496. The van der Waals surface area contributed by atoms with Crippen LogP contribution in [0.4, 0.5) is 0 Å². The number of fused-ring (bicyclic) bond motifs is 1. The summed E-state index contributed by atoms with van der Waals surface area (Å²) in [6, 6.07) is -0.775. The topological polar surface area (TPSA) is 87.7 Å². The van der Waals surface area contributed by atoms with E-state index in [4.69, 9.17) is 0 Å². The number of imide groups is 1. The molecule has 1 saturated heterocycles. The first-order valence-corrected chi connectivity index (χ1v) is 5.81. The Morgan fingerprint density at radius 2 is 2.17 bits per heavy atom. The summed E-state index contributed by atoms with van der Waals surface area (Å²) in [4.78, 5) is 36.7. The first-order valence-electron chi connectivity index (χ1n) is 5.81. The van der Waals surface area contributed by atoms with Crippen molar-refractivity contribution in [2.24, 2.45) is 0 Å². The first kappa shape index (κ1) is 12.6. The van der Waals surface area contributed by atoms with Gasteiger partial charge in [-0.15, -0.1) is 0 Å². The molecular formula is C11H15N3O4. The molecule has 1 atom stereocenters. The Kier molecular flexibility index (Phi) is 3.33. The third-order valence-electron chi connectivity index (χ3n) is 3.01. The lowest BCUT2D eigenvalue weighted by Gasteiger charge is -2.14. The van der Waals surface area contributed by atoms with Gasteiger partial charge in [-0.1, -0.05) is 13.3 Å². The van der Waals surface area contributed by atoms with E-state index in [1.54, 1.807) is 0 Å². The lowest BCUT2D eigenvalue weighted by molar-refractivity contribution is -0.140. The van der Waals surface area contributed by atoms with Crippen molar-refractivity contribution in [1.29, 1.82) is 0 Å². The van der Waals surface area contributed by atoms with Gasteiger partial charge in [0, 0.05) is 6.54 Å². The number of amides is 2. The number of methoxy groups -OCH3 is 1. The Balaban J connectivity index is 2.29. The van der Waals surface area contributed by atoms with Crippen molar-refractivity contribution in [3.8, 4) is 0 Å². The van der Waals surface area contributed by atoms with Crippen LogP contribution >= 0.6 is 0 Å². The number of rotatable bonds is 4. The molecule has 98 valence electrons. The van der Waals surface area contributed by atoms with Gasteiger partial charge in [-0.25, -0.2) is 10.2 Å². The van der Waals surface area contributed by atoms with Crippen molar-refractivity contribution in [3.63, 3.8) is 0 Å². The molecule has 18 heavy (non-hydrogen) atoms. The number of hydrogen-bond donors (Lipinski definition) is 2. The molecule has 0 aromatic carbocycles. The number of likely N-dealkylation sites (tertiary alicyclic amines) is 1. The SMILES string of the molecule is CCCCN1C(=O)C2=C(C(=O)OC)NN[C@H]2C1=O. The average Bonchev–Trinajstić information content (AvgIpc) is 2.90. The van der Waals surface area contributed by atoms with Crippen molar-refractivity contribution < 1.29 is 19.1 Å². The standard InChI is InChI=1S/C11H15N3O4/c1-3-4-5-14-9(15)6-7(10(14)16)12-13-8(6)11(17)18-2/h7,12-13H,3-5H2,1-2H3/t7-/m1/s1. The van der Waals surface area contributed by atoms with E-state index in [2.05, 4.69) is 15.6 Å². The second-order valence-corrected chi connectivity index (χ2v) is 4.13. The van der Waals surface area contributed by atoms with Crippen LogP contribution in [0.15, 0.2) is 11.3 Å². The fourth-order valence-corrected chi connectivity index (χ4v) is 2.04. The number of hydrazine groups is 1. The van der Waals surface area contributed by atoms with Crippen molar-refractivity contribution in [3.05, 3.63) is 11.3 Å². The minimum atomic E-state index is -0.775. The van der Waals surface area contributed by atoms with Crippen LogP contribution in [0.5, 0.6) is 0 Å². The number of hydrogen-bond acceptors (Lipinski definition) is 6. The Labute approximate surface area is 104 Å². The summed E-state index contributed by atoms with van der Waals surface area (Å²) in [6.45, 7) is 2.36. The molecule has 0 spiro atoms. The molecule has 2 N–H and O–H groups in total. The van der Waals surface area contributed by atoms with Crippen LogP contribution < -0.4 is 10.9 Å². The fourth-order valence-electron chi connectivity index (χ4n) is 2.04. The number of ether oxygens (including phenoxy) is 1. The van der Waals surface area contributed by atoms with Crippen LogP contribution in [0.1, 0.15) is 19.8 Å². The number of nitrogens with zero attached hydrogens (tertiary/aromatic N) is 1. The first-order chi connectivity index (χ1) is 8.61. The summed E-state index contributed by atoms with van der Waals surface area (Å²) < 4.78 is 4.56. The molecular weight excluding hydrogens is 238 g/mol. The van der Waals surface area contributed by atoms with Gasteiger partial charge >= 0.3 is 5.97 Å². The van der Waals surface area contributed by atoms with E-state index in [0.29, 0.717) is 6.54 Å². The Bertz CT molecular complexity index is 444. The van der Waals surface area contributed by atoms with Gasteiger partial charge in [-0.05, 0) is 6.42 Å². The summed E-state index contributed by atoms with van der Waals surface area (Å²) in [6.07, 6.45) is 1.63. The van der Waals surface area contributed by atoms with Crippen LogP contribution in [-0.2, 0) is 19.1 Å². The Hall–Kier alpha value is -1.89. The summed E-state index contributed by atoms with van der Waals surface area (Å²) in [5.74, 6) is -1.40. The maximum absolute atomic E-state index is 12.1. The Morgan fingerprint density at radius 1 is 1.44 bits per heavy atom. The highest BCUT2D eigenvalue weighted by molar-refractivity contribution is 6.20. The zero-order valence-electron chi connectivity index (χ0n) is 10.3. The molecule has 2 rings (SSSR count). The van der Waals surface area contributed by atoms with Crippen molar-refractivity contribution in [2.75, 3.05) is 13.7 Å². The van der Waals surface area contributed by atoms with Gasteiger partial charge < -0.3 is 10.2 Å². The van der Waals surface area contributed by atoms with E-state index in [1.165, 1.54) is 12.0 Å². The second-order valence-electron chi connectivity index (χ2n) is 4.13. The van der Waals surface area contributed by atoms with Gasteiger partial charge in [0.05, 0.1) is 12.7 Å². The minimum Gasteiger partial charge on any atom is -0.464 e. The van der Waals surface area contributed by atoms with Crippen LogP contribution in [0.3, 0.4) is 0 Å². The molecule has 0 aliphatic carbocycles. The van der Waals surface area contributed by atoms with Crippen LogP contribution in [0, 0.1) is 0 Å². The monoisotopic (exact) mass is 253 g/mol. The van der Waals surface area contributed by atoms with E-state index in [-0.39, 0.29) is 17.2 Å². The number of carbonyl (C=O) groups excluding carboxylic acids is 3. The summed E-state index contributed by atoms with van der Waals surface area (Å²) >= 11 is 0. The highest BCUT2D eigenvalue weighted by Gasteiger charge is 2.49. The number of nitrogens with one attached hydrogen (secondary N) is 2. The van der Waals surface area contributed by atoms with E-state index in [0.717, 1.165) is 12.8 Å². The molecule has 0 saturated carbocycles. The normalized spacial score (nSPS) is 22.3. The summed E-state index contributed by atoms with van der Waals surface area (Å²) in [5.41, 5.74) is 5.35. The third kappa shape index (κ3) is 1.76. The van der Waals surface area contributed by atoms with Crippen LogP contribution in [-0.4, -0.2) is 42.4 Å². The van der Waals surface area contributed by atoms with E-state index in [9.17, 15) is 14.4 Å². The number of carbonyl (C=O) groups is 3. The van der Waals surface area contributed by atoms with Gasteiger partial charge in [0.15, 0.2) is 0 Å². The van der Waals surface area contributed by atoms with Crippen LogP contribution in [0.25, 0.3) is 0 Å². The van der Waals surface area contributed by atoms with Crippen LogP contribution in [0.2, 0.25) is 0 Å². The maximum atomic E-state index is 12.1. The van der Waals surface area contributed by atoms with Crippen molar-refractivity contribution in [1.82, 2.24) is 15.8 Å². The molecule has 7 nitrogen and oxygen atoms in total. The van der Waals surface area contributed by atoms with Gasteiger partial charge in [0.1, 0.15) is 11.7 Å². The number of esters is 1. The van der Waals surface area contributed by atoms with Crippen molar-refractivity contribution >= 4 is 17.8 Å². The summed E-state index contributed by atoms with van der Waals surface area (Å²) in [5, 5.41) is 0. The molecule has 0 radical (unpaired) electrons. The van der Waals surface area contributed by atoms with Gasteiger partial charge in [-0.2, -0.15) is 0 Å². The van der Waals surface area contributed by atoms with Gasteiger partial charge in [0.25, 0.3) is 11.8 Å². The van der Waals surface area contributed by atoms with Gasteiger partial charge in [-0.3, -0.25) is 14.5 Å². The lowest BCUT2D eigenvalue weighted by Crippen LogP contribution is -2.42. The Morgan fingerprint density at radius 3 is 2.78 bits per heavy atom. The smallest absolute Gasteiger partial charge is 0.356 e. The largest absolute Gasteiger partial charge is 0.464 e. The fraction of sp³-hybridized carbons (Fsp3) is 0.545. The molecule has 7 heteroatoms. The molecule has 2 heterocycles. The third-order valence-corrected chi connectivity index (χ3v) is 3.01. The predicted molar refractivity (Wildman–Crippen MR) is 60.7 cm³/mol. The zero-order valence-corrected chi connectivity index (χ0v) is 10.3. The van der Waals surface area contributed by atoms with E-state index >= 15 is 0 Å². The zero-order chi connectivity index (χ0) is 13.3. The molecule has 2 amide bonds. The maximum Gasteiger partial charge on any atom is 0.356 e. The van der Waals surface area contributed by atoms with E-state index in [1.807, 2.05) is 6.92 Å². The second kappa shape index (κ2) is 4.77. The molecule has 0 aromatic heterocycles. The lowest BCUT2D eigenvalue weighted by atomic mass is 10.1. The highest BCUT2D eigenvalue weighted by atomic mass is 16.5. The average molecular weight is 253 g/mol. The molecule has 2 aliphatic rings. The van der Waals surface area contributed by atoms with Gasteiger partial charge in [0.2, 0.25) is 0 Å². The van der Waals surface area contributed by atoms with Crippen molar-refractivity contribution in [2.45, 2.75) is 25.8 Å². The highest BCUT2D eigenvalue weighted by Crippen LogP contribution is 2.25. The molecule has 0 aromatic rings. The predicted octanol–water partition coefficient (Wildman–Crippen LogP) is -0.941. The molecule has 0 unspecified atom stereocenters. The molecule has 2 aliphatic heterocycles. The minimum absolute atomic E-state index is 0.0276. The number of unbranched alkanes of at least 4 members (excludes halogenated alkanes) is 1. The molecule has 0 bridgehead atoms. The molecule has 1 fully saturated rings.